The molecule has 0 amide bonds. The molecule has 3 heteroatoms. The second-order valence-corrected chi connectivity index (χ2v) is 5.00. The van der Waals surface area contributed by atoms with Crippen LogP contribution in [0, 0.1) is 11.3 Å². The third kappa shape index (κ3) is 2.06. The Morgan fingerprint density at radius 1 is 1.00 bits per heavy atom. The molecule has 1 fully saturated rings. The summed E-state index contributed by atoms with van der Waals surface area (Å²) in [4.78, 5) is 11.3. The van der Waals surface area contributed by atoms with Gasteiger partial charge in [0.1, 0.15) is 17.3 Å². The molecular formula is C17H13NO2. The first-order valence-electron chi connectivity index (χ1n) is 6.49. The normalized spacial score (nSPS) is 16.1. The largest absolute Gasteiger partial charge is 0.457 e. The molecule has 0 unspecified atom stereocenters. The highest BCUT2D eigenvalue weighted by Crippen LogP contribution is 2.45. The number of Topliss-reactive ketones (excluding diaryl/α,β-unsaturated/α-hetero) is 1. The fourth-order valence-electron chi connectivity index (χ4n) is 2.52. The van der Waals surface area contributed by atoms with Crippen LogP contribution in [0.1, 0.15) is 18.4 Å². The maximum Gasteiger partial charge on any atom is 0.136 e. The SMILES string of the molecule is N#CC1(c2ccccc2Oc2ccccc2)CC(=O)C1. The molecule has 0 aliphatic heterocycles. The van der Waals surface area contributed by atoms with E-state index in [1.54, 1.807) is 0 Å². The monoisotopic (exact) mass is 263 g/mol. The van der Waals surface area contributed by atoms with E-state index in [-0.39, 0.29) is 18.6 Å². The van der Waals surface area contributed by atoms with Crippen molar-refractivity contribution in [2.45, 2.75) is 18.3 Å². The number of carbonyl (C=O) groups excluding carboxylic acids is 1. The molecule has 3 rings (SSSR count). The molecule has 0 saturated heterocycles. The number of hydrogen-bond donors (Lipinski definition) is 0. The van der Waals surface area contributed by atoms with Crippen molar-refractivity contribution in [1.29, 1.82) is 5.26 Å². The van der Waals surface area contributed by atoms with Crippen LogP contribution in [-0.2, 0) is 10.2 Å². The maximum absolute atomic E-state index is 11.3. The van der Waals surface area contributed by atoms with Crippen LogP contribution >= 0.6 is 0 Å². The van der Waals surface area contributed by atoms with Crippen molar-refractivity contribution < 1.29 is 9.53 Å². The first kappa shape index (κ1) is 12.4. The maximum atomic E-state index is 11.3. The van der Waals surface area contributed by atoms with E-state index in [0.717, 1.165) is 11.3 Å². The van der Waals surface area contributed by atoms with Gasteiger partial charge in [0.15, 0.2) is 0 Å². The summed E-state index contributed by atoms with van der Waals surface area (Å²) in [5.41, 5.74) is 0.0774. The number of nitrogens with zero attached hydrogens (tertiary/aromatic N) is 1. The van der Waals surface area contributed by atoms with Crippen LogP contribution < -0.4 is 4.74 Å². The average molecular weight is 263 g/mol. The smallest absolute Gasteiger partial charge is 0.136 e. The molecule has 20 heavy (non-hydrogen) atoms. The lowest BCUT2D eigenvalue weighted by molar-refractivity contribution is -0.126. The fraction of sp³-hybridized carbons (Fsp3) is 0.176. The van der Waals surface area contributed by atoms with Gasteiger partial charge in [0.25, 0.3) is 0 Å². The number of ketones is 1. The lowest BCUT2D eigenvalue weighted by Gasteiger charge is -2.35. The van der Waals surface area contributed by atoms with E-state index in [1.807, 2.05) is 54.6 Å². The van der Waals surface area contributed by atoms with E-state index in [9.17, 15) is 10.1 Å². The van der Waals surface area contributed by atoms with Gasteiger partial charge in [-0.15, -0.1) is 0 Å². The van der Waals surface area contributed by atoms with Gasteiger partial charge in [0.2, 0.25) is 0 Å². The van der Waals surface area contributed by atoms with Crippen LogP contribution in [0.25, 0.3) is 0 Å². The minimum atomic E-state index is -0.720. The molecule has 0 atom stereocenters. The second kappa shape index (κ2) is 4.82. The van der Waals surface area contributed by atoms with Crippen LogP contribution in [0.5, 0.6) is 11.5 Å². The first-order valence-corrected chi connectivity index (χ1v) is 6.49. The number of nitriles is 1. The number of benzene rings is 2. The van der Waals surface area contributed by atoms with Gasteiger partial charge in [-0.2, -0.15) is 5.26 Å². The molecule has 0 heterocycles. The van der Waals surface area contributed by atoms with Crippen molar-refractivity contribution in [2.75, 3.05) is 0 Å². The Morgan fingerprint density at radius 2 is 1.65 bits per heavy atom. The topological polar surface area (TPSA) is 50.1 Å². The summed E-state index contributed by atoms with van der Waals surface area (Å²) in [5.74, 6) is 1.49. The predicted octanol–water partition coefficient (Wildman–Crippen LogP) is 3.60. The minimum absolute atomic E-state index is 0.126. The van der Waals surface area contributed by atoms with Crippen LogP contribution in [-0.4, -0.2) is 5.78 Å². The highest BCUT2D eigenvalue weighted by Gasteiger charge is 2.47. The lowest BCUT2D eigenvalue weighted by atomic mass is 9.64. The van der Waals surface area contributed by atoms with Gasteiger partial charge in [-0.25, -0.2) is 0 Å². The molecule has 98 valence electrons. The van der Waals surface area contributed by atoms with Crippen LogP contribution in [0.3, 0.4) is 0 Å². The molecule has 0 N–H and O–H groups in total. The zero-order valence-electron chi connectivity index (χ0n) is 10.9. The zero-order chi connectivity index (χ0) is 14.0. The Hall–Kier alpha value is -2.60. The van der Waals surface area contributed by atoms with Gasteiger partial charge in [0, 0.05) is 18.4 Å². The van der Waals surface area contributed by atoms with Crippen molar-refractivity contribution in [3.05, 3.63) is 60.2 Å². The van der Waals surface area contributed by atoms with Crippen LogP contribution in [0.4, 0.5) is 0 Å². The van der Waals surface area contributed by atoms with E-state index in [0.29, 0.717) is 5.75 Å². The summed E-state index contributed by atoms with van der Waals surface area (Å²) >= 11 is 0. The Morgan fingerprint density at radius 3 is 2.30 bits per heavy atom. The summed E-state index contributed by atoms with van der Waals surface area (Å²) in [7, 11) is 0. The zero-order valence-corrected chi connectivity index (χ0v) is 10.9. The van der Waals surface area contributed by atoms with Crippen LogP contribution in [0.2, 0.25) is 0 Å². The Bertz CT molecular complexity index is 678. The average Bonchev–Trinajstić information content (AvgIpc) is 2.46. The molecule has 2 aromatic carbocycles. The Balaban J connectivity index is 1.97. The van der Waals surface area contributed by atoms with Gasteiger partial charge in [0.05, 0.1) is 11.5 Å². The van der Waals surface area contributed by atoms with Crippen molar-refractivity contribution >= 4 is 5.78 Å². The van der Waals surface area contributed by atoms with E-state index in [4.69, 9.17) is 4.74 Å². The molecule has 2 aromatic rings. The molecule has 0 spiro atoms. The van der Waals surface area contributed by atoms with Gasteiger partial charge >= 0.3 is 0 Å². The predicted molar refractivity (Wildman–Crippen MR) is 74.5 cm³/mol. The van der Waals surface area contributed by atoms with E-state index in [1.165, 1.54) is 0 Å². The van der Waals surface area contributed by atoms with E-state index >= 15 is 0 Å². The highest BCUT2D eigenvalue weighted by molar-refractivity contribution is 5.90. The van der Waals surface area contributed by atoms with E-state index in [2.05, 4.69) is 6.07 Å². The Kier molecular flexibility index (Phi) is 3.00. The summed E-state index contributed by atoms with van der Waals surface area (Å²) in [5, 5.41) is 9.44. The van der Waals surface area contributed by atoms with Crippen molar-refractivity contribution in [3.63, 3.8) is 0 Å². The van der Waals surface area contributed by atoms with E-state index < -0.39 is 5.41 Å². The standard InChI is InChI=1S/C17H13NO2/c18-12-17(10-13(19)11-17)15-8-4-5-9-16(15)20-14-6-2-1-3-7-14/h1-9H,10-11H2. The van der Waals surface area contributed by atoms with Crippen LogP contribution in [0.15, 0.2) is 54.6 Å². The molecule has 1 saturated carbocycles. The number of hydrogen-bond acceptors (Lipinski definition) is 3. The molecule has 1 aliphatic rings. The lowest BCUT2D eigenvalue weighted by Crippen LogP contribution is -2.40. The van der Waals surface area contributed by atoms with Crippen molar-refractivity contribution in [1.82, 2.24) is 0 Å². The fourth-order valence-corrected chi connectivity index (χ4v) is 2.52. The highest BCUT2D eigenvalue weighted by atomic mass is 16.5. The number of carbonyl (C=O) groups is 1. The second-order valence-electron chi connectivity index (χ2n) is 5.00. The molecule has 0 bridgehead atoms. The number of rotatable bonds is 3. The minimum Gasteiger partial charge on any atom is -0.457 e. The molecule has 0 aromatic heterocycles. The summed E-state index contributed by atoms with van der Waals surface area (Å²) in [6.07, 6.45) is 0.553. The molecular weight excluding hydrogens is 250 g/mol. The van der Waals surface area contributed by atoms with Crippen molar-refractivity contribution in [3.8, 4) is 17.6 Å². The third-order valence-corrected chi connectivity index (χ3v) is 3.59. The summed E-state index contributed by atoms with van der Waals surface area (Å²) < 4.78 is 5.87. The quantitative estimate of drug-likeness (QED) is 0.850. The third-order valence-electron chi connectivity index (χ3n) is 3.59. The number of para-hydroxylation sites is 2. The molecule has 1 aliphatic carbocycles. The van der Waals surface area contributed by atoms with Gasteiger partial charge in [-0.05, 0) is 18.2 Å². The summed E-state index contributed by atoms with van der Waals surface area (Å²) in [6, 6.07) is 19.2. The first-order chi connectivity index (χ1) is 9.73. The van der Waals surface area contributed by atoms with Crippen molar-refractivity contribution in [2.24, 2.45) is 0 Å². The number of ether oxygens (including phenoxy) is 1. The Labute approximate surface area is 117 Å². The van der Waals surface area contributed by atoms with Gasteiger partial charge < -0.3 is 4.74 Å². The van der Waals surface area contributed by atoms with Gasteiger partial charge in [-0.3, -0.25) is 4.79 Å². The summed E-state index contributed by atoms with van der Waals surface area (Å²) in [6.45, 7) is 0. The van der Waals surface area contributed by atoms with Gasteiger partial charge in [-0.1, -0.05) is 36.4 Å². The molecule has 0 radical (unpaired) electrons. The molecule has 3 nitrogen and oxygen atoms in total.